The van der Waals surface area contributed by atoms with Crippen LogP contribution in [0.25, 0.3) is 5.69 Å². The number of nitrogens with zero attached hydrogens (tertiary/aromatic N) is 3. The molecule has 4 N–H and O–H groups in total. The van der Waals surface area contributed by atoms with Crippen molar-refractivity contribution in [3.05, 3.63) is 41.6 Å². The van der Waals surface area contributed by atoms with E-state index in [-0.39, 0.29) is 17.8 Å². The number of nitrogens with one attached hydrogen (secondary N) is 1. The second-order valence-electron chi connectivity index (χ2n) is 5.95. The maximum Gasteiger partial charge on any atom is 0.251 e. The van der Waals surface area contributed by atoms with Gasteiger partial charge in [0.2, 0.25) is 0 Å². The highest BCUT2D eigenvalue weighted by Crippen LogP contribution is 2.20. The van der Waals surface area contributed by atoms with Crippen molar-refractivity contribution in [1.29, 1.82) is 5.26 Å². The quantitative estimate of drug-likeness (QED) is 0.787. The number of aromatic nitrogens is 2. The number of nitrogens with two attached hydrogens (primary N) is 1. The van der Waals surface area contributed by atoms with Crippen molar-refractivity contribution < 1.29 is 9.90 Å². The number of rotatable bonds is 3. The van der Waals surface area contributed by atoms with Crippen LogP contribution in [0.15, 0.2) is 30.5 Å². The molecule has 7 heteroatoms. The number of nitrogen functional groups attached to an aromatic ring is 1. The summed E-state index contributed by atoms with van der Waals surface area (Å²) in [6.07, 6.45) is 4.46. The first-order chi connectivity index (χ1) is 11.6. The Morgan fingerprint density at radius 2 is 2.04 bits per heavy atom. The number of nitriles is 1. The van der Waals surface area contributed by atoms with Gasteiger partial charge < -0.3 is 16.2 Å². The van der Waals surface area contributed by atoms with Gasteiger partial charge in [-0.2, -0.15) is 10.4 Å². The van der Waals surface area contributed by atoms with Gasteiger partial charge in [-0.15, -0.1) is 0 Å². The van der Waals surface area contributed by atoms with E-state index < -0.39 is 6.10 Å². The van der Waals surface area contributed by atoms with Gasteiger partial charge in [-0.3, -0.25) is 4.79 Å². The first kappa shape index (κ1) is 16.0. The number of benzene rings is 1. The normalized spacial score (nSPS) is 20.3. The standard InChI is InChI=1S/C17H19N5O2/c18-9-12-10-20-22(16(12)19)13-7-5-11(6-8-13)17(24)21-14-3-1-2-4-15(14)23/h5-8,10,14-15,23H,1-4,19H2,(H,21,24). The van der Waals surface area contributed by atoms with Gasteiger partial charge in [0.15, 0.2) is 0 Å². The number of hydrogen-bond donors (Lipinski definition) is 3. The van der Waals surface area contributed by atoms with Gasteiger partial charge >= 0.3 is 0 Å². The van der Waals surface area contributed by atoms with E-state index in [1.807, 2.05) is 6.07 Å². The van der Waals surface area contributed by atoms with Gasteiger partial charge in [0, 0.05) is 5.56 Å². The fourth-order valence-corrected chi connectivity index (χ4v) is 2.94. The third-order valence-corrected chi connectivity index (χ3v) is 4.35. The molecule has 0 bridgehead atoms. The molecular formula is C17H19N5O2. The van der Waals surface area contributed by atoms with Crippen LogP contribution in [-0.4, -0.2) is 32.9 Å². The molecule has 2 unspecified atom stereocenters. The van der Waals surface area contributed by atoms with Crippen LogP contribution in [0.2, 0.25) is 0 Å². The van der Waals surface area contributed by atoms with E-state index in [1.54, 1.807) is 24.3 Å². The summed E-state index contributed by atoms with van der Waals surface area (Å²) in [7, 11) is 0. The summed E-state index contributed by atoms with van der Waals surface area (Å²) in [4.78, 5) is 12.3. The van der Waals surface area contributed by atoms with E-state index in [0.29, 0.717) is 16.8 Å². The van der Waals surface area contributed by atoms with Crippen molar-refractivity contribution in [2.45, 2.75) is 37.8 Å². The second kappa shape index (κ2) is 6.72. The Hall–Kier alpha value is -2.85. The zero-order valence-electron chi connectivity index (χ0n) is 13.1. The molecule has 3 rings (SSSR count). The zero-order valence-corrected chi connectivity index (χ0v) is 13.1. The van der Waals surface area contributed by atoms with Gasteiger partial charge in [-0.25, -0.2) is 4.68 Å². The minimum atomic E-state index is -0.477. The maximum atomic E-state index is 12.3. The molecule has 1 aromatic heterocycles. The predicted molar refractivity (Wildman–Crippen MR) is 88.4 cm³/mol. The fraction of sp³-hybridized carbons (Fsp3) is 0.353. The number of carbonyl (C=O) groups is 1. The summed E-state index contributed by atoms with van der Waals surface area (Å²) in [6.45, 7) is 0. The van der Waals surface area contributed by atoms with Crippen LogP contribution >= 0.6 is 0 Å². The van der Waals surface area contributed by atoms with Crippen LogP contribution in [0.5, 0.6) is 0 Å². The van der Waals surface area contributed by atoms with E-state index >= 15 is 0 Å². The Morgan fingerprint density at radius 1 is 1.33 bits per heavy atom. The van der Waals surface area contributed by atoms with Crippen LogP contribution < -0.4 is 11.1 Å². The highest BCUT2D eigenvalue weighted by Gasteiger charge is 2.24. The molecular weight excluding hydrogens is 306 g/mol. The molecule has 0 radical (unpaired) electrons. The van der Waals surface area contributed by atoms with Gasteiger partial charge in [0.05, 0.1) is 24.0 Å². The third kappa shape index (κ3) is 3.09. The lowest BCUT2D eigenvalue weighted by atomic mass is 9.92. The molecule has 0 saturated heterocycles. The van der Waals surface area contributed by atoms with Crippen LogP contribution in [0.3, 0.4) is 0 Å². The Morgan fingerprint density at radius 3 is 2.67 bits per heavy atom. The fourth-order valence-electron chi connectivity index (χ4n) is 2.94. The van der Waals surface area contributed by atoms with Gasteiger partial charge in [-0.05, 0) is 37.1 Å². The summed E-state index contributed by atoms with van der Waals surface area (Å²) in [5.74, 6) is 0.0543. The van der Waals surface area contributed by atoms with Crippen molar-refractivity contribution in [3.8, 4) is 11.8 Å². The summed E-state index contributed by atoms with van der Waals surface area (Å²) in [6, 6.07) is 8.56. The molecule has 7 nitrogen and oxygen atoms in total. The molecule has 24 heavy (non-hydrogen) atoms. The molecule has 1 heterocycles. The number of aliphatic hydroxyl groups excluding tert-OH is 1. The average Bonchev–Trinajstić information content (AvgIpc) is 2.97. The molecule has 0 spiro atoms. The van der Waals surface area contributed by atoms with Crippen LogP contribution in [0.1, 0.15) is 41.6 Å². The van der Waals surface area contributed by atoms with Crippen molar-refractivity contribution in [1.82, 2.24) is 15.1 Å². The Balaban J connectivity index is 1.73. The van der Waals surface area contributed by atoms with Gasteiger partial charge in [0.1, 0.15) is 17.5 Å². The lowest BCUT2D eigenvalue weighted by Crippen LogP contribution is -2.45. The SMILES string of the molecule is N#Cc1cnn(-c2ccc(C(=O)NC3CCCCC3O)cc2)c1N. The molecule has 1 fully saturated rings. The lowest BCUT2D eigenvalue weighted by molar-refractivity contribution is 0.0717. The van der Waals surface area contributed by atoms with E-state index in [4.69, 9.17) is 11.0 Å². The van der Waals surface area contributed by atoms with Crippen molar-refractivity contribution in [2.75, 3.05) is 5.73 Å². The van der Waals surface area contributed by atoms with Crippen LogP contribution in [0.4, 0.5) is 5.82 Å². The first-order valence-electron chi connectivity index (χ1n) is 7.93. The Labute approximate surface area is 139 Å². The van der Waals surface area contributed by atoms with Crippen LogP contribution in [0, 0.1) is 11.3 Å². The van der Waals surface area contributed by atoms with Crippen molar-refractivity contribution in [3.63, 3.8) is 0 Å². The monoisotopic (exact) mass is 325 g/mol. The minimum Gasteiger partial charge on any atom is -0.391 e. The summed E-state index contributed by atoms with van der Waals surface area (Å²) < 4.78 is 1.45. The predicted octanol–water partition coefficient (Wildman–Crippen LogP) is 1.36. The average molecular weight is 325 g/mol. The van der Waals surface area contributed by atoms with Crippen LogP contribution in [-0.2, 0) is 0 Å². The largest absolute Gasteiger partial charge is 0.391 e. The minimum absolute atomic E-state index is 0.189. The molecule has 1 saturated carbocycles. The molecule has 1 aliphatic carbocycles. The van der Waals surface area contributed by atoms with E-state index in [1.165, 1.54) is 10.9 Å². The molecule has 2 aromatic rings. The molecule has 1 aromatic carbocycles. The summed E-state index contributed by atoms with van der Waals surface area (Å²) in [5.41, 5.74) is 7.33. The molecule has 1 amide bonds. The van der Waals surface area contributed by atoms with E-state index in [9.17, 15) is 9.90 Å². The molecule has 1 aliphatic rings. The number of anilines is 1. The number of amides is 1. The van der Waals surface area contributed by atoms with E-state index in [0.717, 1.165) is 25.7 Å². The van der Waals surface area contributed by atoms with E-state index in [2.05, 4.69) is 10.4 Å². The highest BCUT2D eigenvalue weighted by atomic mass is 16.3. The smallest absolute Gasteiger partial charge is 0.251 e. The summed E-state index contributed by atoms with van der Waals surface area (Å²) in [5, 5.41) is 25.8. The number of hydrogen-bond acceptors (Lipinski definition) is 5. The Bertz CT molecular complexity index is 775. The topological polar surface area (TPSA) is 117 Å². The molecule has 0 aliphatic heterocycles. The lowest BCUT2D eigenvalue weighted by Gasteiger charge is -2.28. The van der Waals surface area contributed by atoms with Crippen molar-refractivity contribution >= 4 is 11.7 Å². The zero-order chi connectivity index (χ0) is 17.1. The van der Waals surface area contributed by atoms with Crippen molar-refractivity contribution in [2.24, 2.45) is 0 Å². The first-order valence-corrected chi connectivity index (χ1v) is 7.93. The third-order valence-electron chi connectivity index (χ3n) is 4.35. The van der Waals surface area contributed by atoms with Gasteiger partial charge in [0.25, 0.3) is 5.91 Å². The number of carbonyl (C=O) groups excluding carboxylic acids is 1. The number of aliphatic hydroxyl groups is 1. The Kier molecular flexibility index (Phi) is 4.49. The highest BCUT2D eigenvalue weighted by molar-refractivity contribution is 5.94. The molecule has 124 valence electrons. The second-order valence-corrected chi connectivity index (χ2v) is 5.95. The maximum absolute atomic E-state index is 12.3. The molecule has 2 atom stereocenters. The summed E-state index contributed by atoms with van der Waals surface area (Å²) >= 11 is 0. The van der Waals surface area contributed by atoms with Gasteiger partial charge in [-0.1, -0.05) is 12.8 Å².